The summed E-state index contributed by atoms with van der Waals surface area (Å²) in [5.41, 5.74) is 10.5. The van der Waals surface area contributed by atoms with E-state index in [1.807, 2.05) is 146 Å². The number of aromatic nitrogens is 6. The number of nitrogens with zero attached hydrogens (tertiary/aromatic N) is 6. The van der Waals surface area contributed by atoms with Crippen molar-refractivity contribution >= 4 is 82.5 Å². The van der Waals surface area contributed by atoms with Crippen LogP contribution in [0, 0.1) is 0 Å². The summed E-state index contributed by atoms with van der Waals surface area (Å²) in [5, 5.41) is 8.03. The van der Waals surface area contributed by atoms with Crippen molar-refractivity contribution in [3.63, 3.8) is 0 Å². The van der Waals surface area contributed by atoms with Crippen LogP contribution in [0.2, 0.25) is 0 Å². The zero-order valence-electron chi connectivity index (χ0n) is 37.0. The normalized spacial score (nSPS) is 12.6. The molecule has 0 aliphatic heterocycles. The lowest BCUT2D eigenvalue weighted by atomic mass is 10.0. The van der Waals surface area contributed by atoms with Gasteiger partial charge in [0.15, 0.2) is 17.5 Å². The number of fused-ring (bicyclic) bond motifs is 6. The van der Waals surface area contributed by atoms with E-state index in [4.69, 9.17) is 29.9 Å². The van der Waals surface area contributed by atoms with Crippen LogP contribution in [0.4, 0.5) is 17.1 Å². The molecule has 13 aromatic rings. The van der Waals surface area contributed by atoms with Gasteiger partial charge in [0.2, 0.25) is 0 Å². The Kier molecular flexibility index (Phi) is 9.61. The molecule has 13 rings (SSSR count). The number of hydrogen-bond acceptors (Lipinski definition) is 6. The molecule has 0 unspecified atom stereocenters. The average molecular weight is 886 g/mol. The molecule has 0 bridgehead atoms. The van der Waals surface area contributed by atoms with Crippen LogP contribution in [-0.4, -0.2) is 29.9 Å². The van der Waals surface area contributed by atoms with Crippen LogP contribution in [0.1, 0.15) is 0 Å². The first-order valence-corrected chi connectivity index (χ1v) is 22.9. The van der Waals surface area contributed by atoms with Crippen molar-refractivity contribution < 1.29 is 0 Å². The van der Waals surface area contributed by atoms with E-state index in [2.05, 4.69) is 87.7 Å². The Morgan fingerprint density at radius 2 is 0.507 bits per heavy atom. The van der Waals surface area contributed by atoms with Crippen LogP contribution in [0.3, 0.4) is 0 Å². The summed E-state index contributed by atoms with van der Waals surface area (Å²) >= 11 is 0. The van der Waals surface area contributed by atoms with Crippen LogP contribution >= 0.6 is 0 Å². The summed E-state index contributed by atoms with van der Waals surface area (Å²) in [5.74, 6) is 1.46. The molecule has 0 saturated heterocycles. The van der Waals surface area contributed by atoms with E-state index in [1.165, 1.54) is 0 Å². The van der Waals surface area contributed by atoms with Gasteiger partial charge in [0.05, 0.1) is 33.1 Å². The predicted molar refractivity (Wildman–Crippen MR) is 279 cm³/mol. The highest BCUT2D eigenvalue weighted by atomic mass is 15.0. The molecule has 0 aliphatic rings. The Bertz CT molecular complexity index is 3910. The minimum Gasteiger partial charge on any atom is -0.354 e. The third kappa shape index (κ3) is 7.13. The van der Waals surface area contributed by atoms with Crippen LogP contribution in [-0.2, 0) is 0 Å². The molecular weight excluding hydrogens is 847 g/mol. The number of aromatic amines is 3. The molecule has 0 spiro atoms. The van der Waals surface area contributed by atoms with Gasteiger partial charge in [-0.3, -0.25) is 0 Å². The van der Waals surface area contributed by atoms with Gasteiger partial charge in [0.1, 0.15) is 0 Å². The number of rotatable bonds is 6. The fraction of sp³-hybridized carbons (Fsp3) is 0. The van der Waals surface area contributed by atoms with Crippen LogP contribution in [0.15, 0.2) is 233 Å². The molecule has 3 N–H and O–H groups in total. The van der Waals surface area contributed by atoms with Gasteiger partial charge in [-0.05, 0) is 72.8 Å². The summed E-state index contributed by atoms with van der Waals surface area (Å²) in [6.07, 6.45) is 0. The minimum absolute atomic E-state index is 0.487. The maximum atomic E-state index is 5.51. The average Bonchev–Trinajstić information content (AvgIpc) is 3.41. The van der Waals surface area contributed by atoms with Gasteiger partial charge in [-0.15, -0.1) is 0 Å². The molecule has 4 heterocycles. The molecule has 69 heavy (non-hydrogen) atoms. The molecular formula is C60H39N9. The lowest BCUT2D eigenvalue weighted by molar-refractivity contribution is 1.08. The van der Waals surface area contributed by atoms with Gasteiger partial charge in [0.25, 0.3) is 0 Å². The second-order valence-corrected chi connectivity index (χ2v) is 16.9. The van der Waals surface area contributed by atoms with Crippen molar-refractivity contribution in [2.45, 2.75) is 0 Å². The maximum Gasteiger partial charge on any atom is 0.164 e. The van der Waals surface area contributed by atoms with Crippen molar-refractivity contribution in [2.75, 3.05) is 0 Å². The lowest BCUT2D eigenvalue weighted by Crippen LogP contribution is -2.12. The zero-order valence-corrected chi connectivity index (χ0v) is 37.0. The first-order valence-electron chi connectivity index (χ1n) is 22.9. The van der Waals surface area contributed by atoms with Crippen molar-refractivity contribution in [1.82, 2.24) is 29.9 Å². The smallest absolute Gasteiger partial charge is 0.164 e. The third-order valence-electron chi connectivity index (χ3n) is 12.6. The van der Waals surface area contributed by atoms with Crippen LogP contribution in [0.25, 0.3) is 99.6 Å². The summed E-state index contributed by atoms with van der Waals surface area (Å²) in [6, 6.07) is 73.7. The van der Waals surface area contributed by atoms with E-state index in [1.54, 1.807) is 0 Å². The van der Waals surface area contributed by atoms with E-state index in [-0.39, 0.29) is 0 Å². The van der Waals surface area contributed by atoms with Gasteiger partial charge in [-0.1, -0.05) is 146 Å². The van der Waals surface area contributed by atoms with Gasteiger partial charge in [-0.25, -0.2) is 29.9 Å². The molecule has 0 aliphatic carbocycles. The molecule has 0 radical (unpaired) electrons. The Labute approximate surface area is 394 Å². The van der Waals surface area contributed by atoms with Gasteiger partial charge >= 0.3 is 0 Å². The Hall–Kier alpha value is -9.60. The van der Waals surface area contributed by atoms with Gasteiger partial charge in [-0.2, -0.15) is 0 Å². The number of nitrogens with one attached hydrogen (secondary N) is 3. The first kappa shape index (κ1) is 39.7. The van der Waals surface area contributed by atoms with Gasteiger partial charge in [0, 0.05) is 82.1 Å². The molecule has 9 heteroatoms. The molecule has 4 aromatic heterocycles. The molecule has 0 atom stereocenters. The third-order valence-corrected chi connectivity index (χ3v) is 12.6. The van der Waals surface area contributed by atoms with E-state index in [9.17, 15) is 0 Å². The summed E-state index contributed by atoms with van der Waals surface area (Å²) < 4.78 is 0. The molecule has 324 valence electrons. The SMILES string of the molecule is c1ccc(N=c2c3ccccc3[nH]c3cccc(-c4nc(-c5cccc6[nH]c7ccccc7c(=Nc7ccccc7)c56)nc(-c5cccc6[nH]c7ccccc7c(=Nc7ccccc7)c56)n4)c23)cc1. The van der Waals surface area contributed by atoms with Crippen molar-refractivity contribution in [3.8, 4) is 34.2 Å². The molecule has 0 saturated carbocycles. The van der Waals surface area contributed by atoms with Crippen molar-refractivity contribution in [1.29, 1.82) is 0 Å². The second-order valence-electron chi connectivity index (χ2n) is 16.9. The largest absolute Gasteiger partial charge is 0.354 e. The number of hydrogen-bond donors (Lipinski definition) is 3. The fourth-order valence-corrected chi connectivity index (χ4v) is 9.51. The minimum atomic E-state index is 0.487. The predicted octanol–water partition coefficient (Wildman–Crippen LogP) is 13.5. The second kappa shape index (κ2) is 16.7. The zero-order chi connectivity index (χ0) is 45.7. The summed E-state index contributed by atoms with van der Waals surface area (Å²) in [4.78, 5) is 43.8. The lowest BCUT2D eigenvalue weighted by Gasteiger charge is -2.15. The Balaban J connectivity index is 1.18. The molecule has 9 nitrogen and oxygen atoms in total. The highest BCUT2D eigenvalue weighted by Gasteiger charge is 2.21. The Morgan fingerprint density at radius 1 is 0.246 bits per heavy atom. The van der Waals surface area contributed by atoms with E-state index in [0.29, 0.717) is 17.5 Å². The monoisotopic (exact) mass is 885 g/mol. The van der Waals surface area contributed by atoms with Crippen LogP contribution < -0.4 is 16.1 Å². The molecule has 9 aromatic carbocycles. The van der Waals surface area contributed by atoms with E-state index in [0.717, 1.165) is 115 Å². The topological polar surface area (TPSA) is 123 Å². The molecule has 0 amide bonds. The van der Waals surface area contributed by atoms with Crippen molar-refractivity contribution in [2.24, 2.45) is 15.0 Å². The van der Waals surface area contributed by atoms with Crippen molar-refractivity contribution in [3.05, 3.63) is 234 Å². The number of pyridine rings is 3. The summed E-state index contributed by atoms with van der Waals surface area (Å²) in [7, 11) is 0. The number of benzene rings is 9. The van der Waals surface area contributed by atoms with Crippen LogP contribution in [0.5, 0.6) is 0 Å². The quantitative estimate of drug-likeness (QED) is 0.144. The summed E-state index contributed by atoms with van der Waals surface area (Å²) in [6.45, 7) is 0. The van der Waals surface area contributed by atoms with Gasteiger partial charge < -0.3 is 15.0 Å². The van der Waals surface area contributed by atoms with E-state index >= 15 is 0 Å². The Morgan fingerprint density at radius 3 is 0.812 bits per heavy atom. The van der Waals surface area contributed by atoms with E-state index < -0.39 is 0 Å². The maximum absolute atomic E-state index is 5.51. The fourth-order valence-electron chi connectivity index (χ4n) is 9.51. The highest BCUT2D eigenvalue weighted by Crippen LogP contribution is 2.34. The molecule has 0 fully saturated rings. The first-order chi connectivity index (χ1) is 34.2. The standard InChI is InChI=1S/C60H39N9/c1-4-19-37(20-5-1)61-55-40-25-10-13-31-46(40)64-49-34-16-28-43(52(49)55)58-67-59(44-29-17-35-50-53(44)56(62-38-21-6-2-7-22-38)41-26-11-14-32-47(41)65-50)69-60(68-58)45-30-18-36-51-54(45)57(63-39-23-8-3-9-24-39)42-27-12-15-33-48(42)66-51/h1-36H,(H,61,64)(H,62,65)(H,63,66). The number of H-pyrrole nitrogens is 3. The highest BCUT2D eigenvalue weighted by molar-refractivity contribution is 6.04. The number of para-hydroxylation sites is 6.